The summed E-state index contributed by atoms with van der Waals surface area (Å²) in [6, 6.07) is 13.9. The third kappa shape index (κ3) is 3.42. The van der Waals surface area contributed by atoms with Gasteiger partial charge in [0.05, 0.1) is 6.04 Å². The normalized spacial score (nSPS) is 12.5. The molecule has 0 aliphatic heterocycles. The first-order valence-corrected chi connectivity index (χ1v) is 6.97. The van der Waals surface area contributed by atoms with E-state index >= 15 is 0 Å². The summed E-state index contributed by atoms with van der Waals surface area (Å²) in [7, 11) is 0. The minimum absolute atomic E-state index is 0.143. The predicted octanol–water partition coefficient (Wildman–Crippen LogP) is 3.47. The quantitative estimate of drug-likeness (QED) is 0.859. The lowest BCUT2D eigenvalue weighted by Crippen LogP contribution is -2.31. The van der Waals surface area contributed by atoms with Crippen molar-refractivity contribution in [1.29, 1.82) is 0 Å². The molecule has 0 saturated carbocycles. The number of benzene rings is 2. The zero-order chi connectivity index (χ0) is 13.7. The molecule has 0 aromatic heterocycles. The van der Waals surface area contributed by atoms with Crippen LogP contribution in [0.2, 0.25) is 0 Å². The fourth-order valence-corrected chi connectivity index (χ4v) is 2.35. The summed E-state index contributed by atoms with van der Waals surface area (Å²) in [5.74, 6) is 0.143. The van der Waals surface area contributed by atoms with Gasteiger partial charge in [-0.15, -0.1) is 0 Å². The van der Waals surface area contributed by atoms with Crippen molar-refractivity contribution >= 4 is 16.6 Å². The van der Waals surface area contributed by atoms with E-state index in [0.29, 0.717) is 6.42 Å². The molecule has 1 atom stereocenters. The van der Waals surface area contributed by atoms with Crippen molar-refractivity contribution in [3.63, 3.8) is 0 Å². The summed E-state index contributed by atoms with van der Waals surface area (Å²) in [4.78, 5) is 12.1. The first-order chi connectivity index (χ1) is 9.22. The average molecular weight is 255 g/mol. The van der Waals surface area contributed by atoms with E-state index in [1.54, 1.807) is 0 Å². The first kappa shape index (κ1) is 13.8. The summed E-state index contributed by atoms with van der Waals surface area (Å²) >= 11 is 0. The van der Waals surface area contributed by atoms with E-state index in [-0.39, 0.29) is 11.8 Å². The number of carbonyl (C=O) groups excluding carboxylic acids is 1. The summed E-state index contributed by atoms with van der Waals surface area (Å²) in [5, 5.41) is 2.33. The number of ketones is 1. The van der Waals surface area contributed by atoms with Crippen LogP contribution >= 0.6 is 0 Å². The molecular weight excluding hydrogens is 234 g/mol. The van der Waals surface area contributed by atoms with Crippen molar-refractivity contribution in [3.8, 4) is 0 Å². The Bertz CT molecular complexity index is 557. The van der Waals surface area contributed by atoms with Gasteiger partial charge in [0.1, 0.15) is 0 Å². The Balaban J connectivity index is 2.15. The fourth-order valence-electron chi connectivity index (χ4n) is 2.35. The van der Waals surface area contributed by atoms with E-state index in [1.165, 1.54) is 5.39 Å². The maximum atomic E-state index is 12.1. The summed E-state index contributed by atoms with van der Waals surface area (Å²) in [5.41, 5.74) is 7.02. The molecule has 2 nitrogen and oxygen atoms in total. The average Bonchev–Trinajstić information content (AvgIpc) is 2.45. The Morgan fingerprint density at radius 1 is 1.16 bits per heavy atom. The van der Waals surface area contributed by atoms with Gasteiger partial charge in [-0.2, -0.15) is 0 Å². The lowest BCUT2D eigenvalue weighted by atomic mass is 9.96. The van der Waals surface area contributed by atoms with Gasteiger partial charge in [-0.25, -0.2) is 0 Å². The van der Waals surface area contributed by atoms with E-state index in [0.717, 1.165) is 30.2 Å². The number of carbonyl (C=O) groups is 1. The van der Waals surface area contributed by atoms with Gasteiger partial charge in [-0.05, 0) is 22.8 Å². The van der Waals surface area contributed by atoms with Crippen LogP contribution in [0.4, 0.5) is 0 Å². The van der Waals surface area contributed by atoms with Gasteiger partial charge in [0, 0.05) is 6.42 Å². The number of fused-ring (bicyclic) bond motifs is 1. The molecule has 0 spiro atoms. The smallest absolute Gasteiger partial charge is 0.153 e. The van der Waals surface area contributed by atoms with Crippen molar-refractivity contribution < 1.29 is 4.79 Å². The largest absolute Gasteiger partial charge is 0.321 e. The second kappa shape index (κ2) is 6.48. The van der Waals surface area contributed by atoms with Gasteiger partial charge in [0.25, 0.3) is 0 Å². The zero-order valence-electron chi connectivity index (χ0n) is 11.4. The Labute approximate surface area is 114 Å². The molecule has 1 unspecified atom stereocenters. The van der Waals surface area contributed by atoms with Crippen LogP contribution in [0.1, 0.15) is 31.7 Å². The summed E-state index contributed by atoms with van der Waals surface area (Å²) in [6.07, 6.45) is 3.32. The maximum absolute atomic E-state index is 12.1. The molecule has 0 radical (unpaired) electrons. The molecule has 0 amide bonds. The van der Waals surface area contributed by atoms with Crippen LogP contribution in [0, 0.1) is 0 Å². The summed E-state index contributed by atoms with van der Waals surface area (Å²) in [6.45, 7) is 2.11. The van der Waals surface area contributed by atoms with Gasteiger partial charge in [0.15, 0.2) is 5.78 Å². The second-order valence-corrected chi connectivity index (χ2v) is 5.03. The highest BCUT2D eigenvalue weighted by molar-refractivity contribution is 5.92. The van der Waals surface area contributed by atoms with Crippen molar-refractivity contribution in [2.45, 2.75) is 38.6 Å². The number of unbranched alkanes of at least 4 members (excludes halogenated alkanes) is 1. The SMILES string of the molecule is CCCCC(N)C(=O)Cc1cccc2ccccc12. The molecule has 0 saturated heterocycles. The number of Topliss-reactive ketones (excluding diaryl/α,β-unsaturated/α-hetero) is 1. The third-order valence-corrected chi connectivity index (χ3v) is 3.53. The second-order valence-electron chi connectivity index (χ2n) is 5.03. The molecule has 2 N–H and O–H groups in total. The Morgan fingerprint density at radius 3 is 2.68 bits per heavy atom. The van der Waals surface area contributed by atoms with Crippen LogP contribution < -0.4 is 5.73 Å². The highest BCUT2D eigenvalue weighted by Crippen LogP contribution is 2.19. The number of hydrogen-bond donors (Lipinski definition) is 1. The van der Waals surface area contributed by atoms with E-state index in [2.05, 4.69) is 25.1 Å². The molecule has 2 rings (SSSR count). The van der Waals surface area contributed by atoms with Crippen LogP contribution in [0.25, 0.3) is 10.8 Å². The van der Waals surface area contributed by atoms with E-state index in [9.17, 15) is 4.79 Å². The van der Waals surface area contributed by atoms with Gasteiger partial charge in [-0.3, -0.25) is 4.79 Å². The van der Waals surface area contributed by atoms with Crippen molar-refractivity contribution in [3.05, 3.63) is 48.0 Å². The molecule has 100 valence electrons. The number of rotatable bonds is 6. The monoisotopic (exact) mass is 255 g/mol. The van der Waals surface area contributed by atoms with E-state index in [1.807, 2.05) is 24.3 Å². The first-order valence-electron chi connectivity index (χ1n) is 6.97. The van der Waals surface area contributed by atoms with Gasteiger partial charge < -0.3 is 5.73 Å². The molecule has 0 bridgehead atoms. The molecule has 0 heterocycles. The van der Waals surface area contributed by atoms with Crippen LogP contribution in [-0.2, 0) is 11.2 Å². The van der Waals surface area contributed by atoms with Crippen LogP contribution in [-0.4, -0.2) is 11.8 Å². The molecule has 2 aromatic rings. The number of nitrogens with two attached hydrogens (primary N) is 1. The topological polar surface area (TPSA) is 43.1 Å². The molecule has 0 aliphatic carbocycles. The standard InChI is InChI=1S/C17H21NO/c1-2-3-11-16(18)17(19)12-14-9-6-8-13-7-4-5-10-15(13)14/h4-10,16H,2-3,11-12,18H2,1H3. The van der Waals surface area contributed by atoms with Gasteiger partial charge >= 0.3 is 0 Å². The van der Waals surface area contributed by atoms with Crippen molar-refractivity contribution in [1.82, 2.24) is 0 Å². The highest BCUT2D eigenvalue weighted by atomic mass is 16.1. The Hall–Kier alpha value is -1.67. The lowest BCUT2D eigenvalue weighted by Gasteiger charge is -2.11. The highest BCUT2D eigenvalue weighted by Gasteiger charge is 2.14. The lowest BCUT2D eigenvalue weighted by molar-refractivity contribution is -0.119. The molecule has 2 heteroatoms. The number of hydrogen-bond acceptors (Lipinski definition) is 2. The maximum Gasteiger partial charge on any atom is 0.153 e. The van der Waals surface area contributed by atoms with Crippen LogP contribution in [0.3, 0.4) is 0 Å². The van der Waals surface area contributed by atoms with Crippen LogP contribution in [0.15, 0.2) is 42.5 Å². The minimum atomic E-state index is -0.320. The molecule has 0 fully saturated rings. The Morgan fingerprint density at radius 2 is 1.89 bits per heavy atom. The third-order valence-electron chi connectivity index (χ3n) is 3.53. The molecule has 19 heavy (non-hydrogen) atoms. The summed E-state index contributed by atoms with van der Waals surface area (Å²) < 4.78 is 0. The zero-order valence-corrected chi connectivity index (χ0v) is 11.4. The molecule has 2 aromatic carbocycles. The minimum Gasteiger partial charge on any atom is -0.321 e. The Kier molecular flexibility index (Phi) is 4.69. The van der Waals surface area contributed by atoms with Crippen molar-refractivity contribution in [2.24, 2.45) is 5.73 Å². The molecule has 0 aliphatic rings. The van der Waals surface area contributed by atoms with E-state index < -0.39 is 0 Å². The fraction of sp³-hybridized carbons (Fsp3) is 0.353. The van der Waals surface area contributed by atoms with Crippen LogP contribution in [0.5, 0.6) is 0 Å². The van der Waals surface area contributed by atoms with Crippen molar-refractivity contribution in [2.75, 3.05) is 0 Å². The van der Waals surface area contributed by atoms with Gasteiger partial charge in [-0.1, -0.05) is 62.2 Å². The predicted molar refractivity (Wildman–Crippen MR) is 80.2 cm³/mol. The van der Waals surface area contributed by atoms with Gasteiger partial charge in [0.2, 0.25) is 0 Å². The van der Waals surface area contributed by atoms with E-state index in [4.69, 9.17) is 5.73 Å². The molecular formula is C17H21NO.